The van der Waals surface area contributed by atoms with E-state index >= 15 is 0 Å². The zero-order valence-corrected chi connectivity index (χ0v) is 15.0. The Morgan fingerprint density at radius 1 is 0.852 bits per heavy atom. The minimum atomic E-state index is -0.0724. The van der Waals surface area contributed by atoms with E-state index in [2.05, 4.69) is 58.0 Å². The largest absolute Gasteiger partial charge is 0.418 e. The van der Waals surface area contributed by atoms with Crippen LogP contribution in [0.1, 0.15) is 30.0 Å². The Balaban J connectivity index is 1.36. The smallest absolute Gasteiger partial charge is 0.247 e. The highest BCUT2D eigenvalue weighted by molar-refractivity contribution is 5.78. The number of hydrogen-bond acceptors (Lipinski definition) is 4. The van der Waals surface area contributed by atoms with Crippen molar-refractivity contribution in [3.63, 3.8) is 0 Å². The molecule has 1 N–H and O–H groups in total. The van der Waals surface area contributed by atoms with Crippen LogP contribution < -0.4 is 5.32 Å². The number of benzene rings is 3. The molecule has 0 amide bonds. The molecule has 0 fully saturated rings. The summed E-state index contributed by atoms with van der Waals surface area (Å²) < 4.78 is 5.86. The minimum Gasteiger partial charge on any atom is -0.418 e. The highest BCUT2D eigenvalue weighted by Crippen LogP contribution is 2.38. The Hall–Kier alpha value is -3.40. The first-order chi connectivity index (χ1) is 13.3. The second-order valence-corrected chi connectivity index (χ2v) is 6.88. The Labute approximate surface area is 157 Å². The molecular weight excluding hydrogens is 334 g/mol. The van der Waals surface area contributed by atoms with Crippen molar-refractivity contribution in [3.8, 4) is 22.6 Å². The van der Waals surface area contributed by atoms with E-state index in [4.69, 9.17) is 4.42 Å². The van der Waals surface area contributed by atoms with Crippen molar-refractivity contribution in [1.82, 2.24) is 10.2 Å². The molecule has 0 saturated carbocycles. The fourth-order valence-corrected chi connectivity index (χ4v) is 3.65. The standard InChI is InChI=1S/C23H19N3O/c1-15(22-25-26-23(27-22)16-7-3-2-4-8-16)24-19-11-12-21-18(14-19)13-17-9-5-6-10-20(17)21/h2-12,14-15,24H,13H2,1H3. The Bertz CT molecular complexity index is 1100. The van der Waals surface area contributed by atoms with Gasteiger partial charge in [-0.15, -0.1) is 10.2 Å². The summed E-state index contributed by atoms with van der Waals surface area (Å²) in [6.45, 7) is 2.03. The molecule has 0 aliphatic heterocycles. The number of rotatable bonds is 4. The van der Waals surface area contributed by atoms with Gasteiger partial charge in [0.2, 0.25) is 11.8 Å². The van der Waals surface area contributed by atoms with E-state index in [1.54, 1.807) is 0 Å². The Kier molecular flexibility index (Phi) is 3.75. The van der Waals surface area contributed by atoms with Gasteiger partial charge in [-0.25, -0.2) is 0 Å². The maximum Gasteiger partial charge on any atom is 0.247 e. The third-order valence-electron chi connectivity index (χ3n) is 5.01. The number of hydrogen-bond donors (Lipinski definition) is 1. The average molecular weight is 353 g/mol. The van der Waals surface area contributed by atoms with Crippen LogP contribution in [0.4, 0.5) is 5.69 Å². The molecule has 1 aromatic heterocycles. The summed E-state index contributed by atoms with van der Waals surface area (Å²) in [5.41, 5.74) is 7.41. The van der Waals surface area contributed by atoms with E-state index in [9.17, 15) is 0 Å². The van der Waals surface area contributed by atoms with Crippen LogP contribution in [0.5, 0.6) is 0 Å². The first-order valence-corrected chi connectivity index (χ1v) is 9.14. The quantitative estimate of drug-likeness (QED) is 0.465. The fraction of sp³-hybridized carbons (Fsp3) is 0.130. The van der Waals surface area contributed by atoms with Gasteiger partial charge in [0, 0.05) is 11.3 Å². The molecule has 0 spiro atoms. The van der Waals surface area contributed by atoms with Gasteiger partial charge in [0.05, 0.1) is 0 Å². The zero-order chi connectivity index (χ0) is 18.2. The molecule has 1 aliphatic carbocycles. The number of anilines is 1. The highest BCUT2D eigenvalue weighted by atomic mass is 16.4. The summed E-state index contributed by atoms with van der Waals surface area (Å²) in [7, 11) is 0. The number of fused-ring (bicyclic) bond motifs is 3. The van der Waals surface area contributed by atoms with Crippen LogP contribution in [0.3, 0.4) is 0 Å². The molecule has 4 aromatic rings. The second-order valence-electron chi connectivity index (χ2n) is 6.88. The molecule has 0 radical (unpaired) electrons. The summed E-state index contributed by atoms with van der Waals surface area (Å²) in [5, 5.41) is 11.9. The van der Waals surface area contributed by atoms with Crippen molar-refractivity contribution < 1.29 is 4.42 Å². The van der Waals surface area contributed by atoms with Crippen LogP contribution in [0.15, 0.2) is 77.2 Å². The fourth-order valence-electron chi connectivity index (χ4n) is 3.65. The van der Waals surface area contributed by atoms with Gasteiger partial charge in [0.1, 0.15) is 6.04 Å². The van der Waals surface area contributed by atoms with Gasteiger partial charge in [-0.2, -0.15) is 0 Å². The lowest BCUT2D eigenvalue weighted by Crippen LogP contribution is -2.07. The van der Waals surface area contributed by atoms with Crippen molar-refractivity contribution in [2.24, 2.45) is 0 Å². The predicted octanol–water partition coefficient (Wildman–Crippen LogP) is 5.48. The zero-order valence-electron chi connectivity index (χ0n) is 15.0. The van der Waals surface area contributed by atoms with E-state index in [0.717, 1.165) is 17.7 Å². The SMILES string of the molecule is CC(Nc1ccc2c(c1)Cc1ccccc1-2)c1nnc(-c2ccccc2)o1. The molecule has 132 valence electrons. The molecule has 0 bridgehead atoms. The summed E-state index contributed by atoms with van der Waals surface area (Å²) >= 11 is 0. The Morgan fingerprint density at radius 2 is 1.63 bits per heavy atom. The lowest BCUT2D eigenvalue weighted by Gasteiger charge is -2.13. The molecule has 3 aromatic carbocycles. The third-order valence-corrected chi connectivity index (χ3v) is 5.01. The van der Waals surface area contributed by atoms with Gasteiger partial charge >= 0.3 is 0 Å². The second kappa shape index (κ2) is 6.40. The summed E-state index contributed by atoms with van der Waals surface area (Å²) in [6.07, 6.45) is 0.980. The maximum absolute atomic E-state index is 5.86. The molecule has 0 saturated heterocycles. The van der Waals surface area contributed by atoms with E-state index in [-0.39, 0.29) is 6.04 Å². The van der Waals surface area contributed by atoms with Gasteiger partial charge in [0.15, 0.2) is 0 Å². The molecule has 4 nitrogen and oxygen atoms in total. The van der Waals surface area contributed by atoms with E-state index in [1.165, 1.54) is 22.3 Å². The number of nitrogens with one attached hydrogen (secondary N) is 1. The molecule has 1 heterocycles. The van der Waals surface area contributed by atoms with E-state index in [1.807, 2.05) is 37.3 Å². The van der Waals surface area contributed by atoms with Gasteiger partial charge in [0.25, 0.3) is 0 Å². The number of nitrogens with zero attached hydrogens (tertiary/aromatic N) is 2. The van der Waals surface area contributed by atoms with Gasteiger partial charge in [-0.3, -0.25) is 0 Å². The first kappa shape index (κ1) is 15.8. The first-order valence-electron chi connectivity index (χ1n) is 9.14. The molecule has 27 heavy (non-hydrogen) atoms. The van der Waals surface area contributed by atoms with Gasteiger partial charge in [-0.1, -0.05) is 48.5 Å². The van der Waals surface area contributed by atoms with Crippen LogP contribution in [0.2, 0.25) is 0 Å². The molecule has 1 aliphatic rings. The normalized spacial score (nSPS) is 13.1. The third kappa shape index (κ3) is 2.89. The molecule has 1 unspecified atom stereocenters. The van der Waals surface area contributed by atoms with Gasteiger partial charge < -0.3 is 9.73 Å². The lowest BCUT2D eigenvalue weighted by molar-refractivity contribution is 0.485. The van der Waals surface area contributed by atoms with E-state index < -0.39 is 0 Å². The average Bonchev–Trinajstić information content (AvgIpc) is 3.33. The van der Waals surface area contributed by atoms with Crippen LogP contribution >= 0.6 is 0 Å². The Morgan fingerprint density at radius 3 is 2.52 bits per heavy atom. The predicted molar refractivity (Wildman–Crippen MR) is 106 cm³/mol. The van der Waals surface area contributed by atoms with Crippen LogP contribution in [-0.4, -0.2) is 10.2 Å². The van der Waals surface area contributed by atoms with Crippen molar-refractivity contribution in [1.29, 1.82) is 0 Å². The summed E-state index contributed by atoms with van der Waals surface area (Å²) in [6, 6.07) is 24.9. The monoisotopic (exact) mass is 353 g/mol. The highest BCUT2D eigenvalue weighted by Gasteiger charge is 2.19. The topological polar surface area (TPSA) is 51.0 Å². The lowest BCUT2D eigenvalue weighted by atomic mass is 10.1. The van der Waals surface area contributed by atoms with E-state index in [0.29, 0.717) is 11.8 Å². The molecule has 5 rings (SSSR count). The maximum atomic E-state index is 5.86. The molecular formula is C23H19N3O. The minimum absolute atomic E-state index is 0.0724. The van der Waals surface area contributed by atoms with Crippen molar-refractivity contribution in [2.45, 2.75) is 19.4 Å². The van der Waals surface area contributed by atoms with Crippen molar-refractivity contribution in [3.05, 3.63) is 89.8 Å². The molecule has 4 heteroatoms. The van der Waals surface area contributed by atoms with Crippen LogP contribution in [-0.2, 0) is 6.42 Å². The number of aromatic nitrogens is 2. The molecule has 1 atom stereocenters. The van der Waals surface area contributed by atoms with Crippen LogP contribution in [0, 0.1) is 0 Å². The summed E-state index contributed by atoms with van der Waals surface area (Å²) in [4.78, 5) is 0. The van der Waals surface area contributed by atoms with Crippen molar-refractivity contribution in [2.75, 3.05) is 5.32 Å². The summed E-state index contributed by atoms with van der Waals surface area (Å²) in [5.74, 6) is 1.13. The van der Waals surface area contributed by atoms with Gasteiger partial charge in [-0.05, 0) is 59.9 Å². The van der Waals surface area contributed by atoms with Crippen LogP contribution in [0.25, 0.3) is 22.6 Å². The van der Waals surface area contributed by atoms with Crippen molar-refractivity contribution >= 4 is 5.69 Å².